The average molecular weight is 417 g/mol. The minimum absolute atomic E-state index is 0.00585. The Morgan fingerprint density at radius 2 is 2.07 bits per heavy atom. The summed E-state index contributed by atoms with van der Waals surface area (Å²) in [6.45, 7) is 1.70. The minimum Gasteiger partial charge on any atom is -0.468 e. The number of benzene rings is 1. The van der Waals surface area contributed by atoms with E-state index in [4.69, 9.17) is 5.73 Å². The Morgan fingerprint density at radius 1 is 1.36 bits per heavy atom. The van der Waals surface area contributed by atoms with Crippen LogP contribution in [0, 0.1) is 0 Å². The maximum absolute atomic E-state index is 12.8. The maximum atomic E-state index is 12.8. The zero-order valence-electron chi connectivity index (χ0n) is 15.0. The summed E-state index contributed by atoms with van der Waals surface area (Å²) in [4.78, 5) is 24.0. The lowest BCUT2D eigenvalue weighted by Gasteiger charge is -2.19. The highest BCUT2D eigenvalue weighted by molar-refractivity contribution is 7.99. The van der Waals surface area contributed by atoms with Crippen LogP contribution in [-0.2, 0) is 20.5 Å². The molecule has 1 atom stereocenters. The van der Waals surface area contributed by atoms with E-state index in [0.29, 0.717) is 0 Å². The van der Waals surface area contributed by atoms with Gasteiger partial charge in [-0.3, -0.25) is 14.2 Å². The largest absolute Gasteiger partial charge is 0.468 e. The molecule has 0 aliphatic rings. The molecule has 2 aromatic rings. The number of nitrogen functional groups attached to an aromatic ring is 1. The van der Waals surface area contributed by atoms with Crippen LogP contribution in [0.4, 0.5) is 24.8 Å². The number of amides is 1. The highest BCUT2D eigenvalue weighted by Crippen LogP contribution is 2.31. The Bertz CT molecular complexity index is 856. The van der Waals surface area contributed by atoms with Crippen LogP contribution in [0.3, 0.4) is 0 Å². The molecule has 28 heavy (non-hydrogen) atoms. The monoisotopic (exact) mass is 417 g/mol. The smallest absolute Gasteiger partial charge is 0.416 e. The number of anilines is 2. The summed E-state index contributed by atoms with van der Waals surface area (Å²) < 4.78 is 44.4. The van der Waals surface area contributed by atoms with Gasteiger partial charge in [-0.25, -0.2) is 0 Å². The molecule has 8 nitrogen and oxygen atoms in total. The SMILES string of the molecule is CCC(C(=O)Nc1cccc(C(F)(F)F)c1)n1c(N)nnc1SCC(=O)OC. The van der Waals surface area contributed by atoms with Gasteiger partial charge in [0.15, 0.2) is 5.16 Å². The van der Waals surface area contributed by atoms with Gasteiger partial charge in [-0.1, -0.05) is 24.8 Å². The highest BCUT2D eigenvalue weighted by atomic mass is 32.2. The minimum atomic E-state index is -4.53. The number of ether oxygens (including phenoxy) is 1. The molecule has 0 aliphatic carbocycles. The first-order valence-electron chi connectivity index (χ1n) is 8.05. The summed E-state index contributed by atoms with van der Waals surface area (Å²) in [5, 5.41) is 10.2. The summed E-state index contributed by atoms with van der Waals surface area (Å²) in [5.74, 6) is -1.22. The van der Waals surface area contributed by atoms with Crippen molar-refractivity contribution in [3.8, 4) is 0 Å². The van der Waals surface area contributed by atoms with Gasteiger partial charge in [-0.15, -0.1) is 10.2 Å². The van der Waals surface area contributed by atoms with Crippen LogP contribution in [0.1, 0.15) is 24.9 Å². The van der Waals surface area contributed by atoms with E-state index in [-0.39, 0.29) is 29.0 Å². The van der Waals surface area contributed by atoms with Crippen molar-refractivity contribution in [3.63, 3.8) is 0 Å². The van der Waals surface area contributed by atoms with Gasteiger partial charge in [0.25, 0.3) is 0 Å². The number of rotatable bonds is 7. The van der Waals surface area contributed by atoms with Crippen LogP contribution < -0.4 is 11.1 Å². The van der Waals surface area contributed by atoms with E-state index in [1.54, 1.807) is 6.92 Å². The first-order valence-corrected chi connectivity index (χ1v) is 9.04. The Labute approximate surface area is 162 Å². The summed E-state index contributed by atoms with van der Waals surface area (Å²) in [6, 6.07) is 3.41. The van der Waals surface area contributed by atoms with Gasteiger partial charge in [0.2, 0.25) is 11.9 Å². The number of nitrogens with zero attached hydrogens (tertiary/aromatic N) is 3. The normalized spacial score (nSPS) is 12.5. The lowest BCUT2D eigenvalue weighted by atomic mass is 10.1. The maximum Gasteiger partial charge on any atom is 0.416 e. The Hall–Kier alpha value is -2.76. The van der Waals surface area contributed by atoms with Crippen LogP contribution in [0.15, 0.2) is 29.4 Å². The Kier molecular flexibility index (Phi) is 6.89. The highest BCUT2D eigenvalue weighted by Gasteiger charge is 2.31. The third-order valence-corrected chi connectivity index (χ3v) is 4.61. The summed E-state index contributed by atoms with van der Waals surface area (Å²) in [5.41, 5.74) is 4.92. The second-order valence-corrected chi connectivity index (χ2v) is 6.51. The van der Waals surface area contributed by atoms with Crippen molar-refractivity contribution in [1.29, 1.82) is 0 Å². The van der Waals surface area contributed by atoms with Crippen molar-refractivity contribution < 1.29 is 27.5 Å². The van der Waals surface area contributed by atoms with Crippen LogP contribution in [0.2, 0.25) is 0 Å². The van der Waals surface area contributed by atoms with E-state index >= 15 is 0 Å². The molecule has 1 amide bonds. The van der Waals surface area contributed by atoms with E-state index in [1.165, 1.54) is 23.8 Å². The number of aromatic nitrogens is 3. The van der Waals surface area contributed by atoms with E-state index in [9.17, 15) is 22.8 Å². The number of hydrogen-bond donors (Lipinski definition) is 2. The quantitative estimate of drug-likeness (QED) is 0.526. The molecule has 0 fully saturated rings. The number of carbonyl (C=O) groups is 2. The molecule has 2 rings (SSSR count). The van der Waals surface area contributed by atoms with Gasteiger partial charge in [0.05, 0.1) is 18.4 Å². The predicted molar refractivity (Wildman–Crippen MR) is 96.6 cm³/mol. The number of hydrogen-bond acceptors (Lipinski definition) is 7. The molecule has 1 aromatic heterocycles. The predicted octanol–water partition coefficient (Wildman–Crippen LogP) is 2.73. The molecular formula is C16H18F3N5O3S. The average Bonchev–Trinajstić information content (AvgIpc) is 3.00. The molecule has 0 saturated carbocycles. The van der Waals surface area contributed by atoms with Gasteiger partial charge in [-0.2, -0.15) is 13.2 Å². The van der Waals surface area contributed by atoms with Crippen molar-refractivity contribution in [1.82, 2.24) is 14.8 Å². The third-order valence-electron chi connectivity index (χ3n) is 3.70. The van der Waals surface area contributed by atoms with Crippen molar-refractivity contribution in [2.75, 3.05) is 23.9 Å². The van der Waals surface area contributed by atoms with Crippen LogP contribution in [0.25, 0.3) is 0 Å². The molecule has 1 heterocycles. The molecule has 1 aromatic carbocycles. The standard InChI is InChI=1S/C16H18F3N5O3S/c1-3-11(24-14(20)22-23-15(24)28-8-12(25)27-2)13(26)21-10-6-4-5-9(7-10)16(17,18)19/h4-7,11H,3,8H2,1-2H3,(H2,20,22)(H,21,26). The number of methoxy groups -OCH3 is 1. The first kappa shape index (κ1) is 21.5. The fourth-order valence-corrected chi connectivity index (χ4v) is 3.17. The number of halogens is 3. The second kappa shape index (κ2) is 8.95. The van der Waals surface area contributed by atoms with Crippen LogP contribution in [0.5, 0.6) is 0 Å². The molecule has 0 bridgehead atoms. The summed E-state index contributed by atoms with van der Waals surface area (Å²) in [6.07, 6.45) is -4.26. The van der Waals surface area contributed by atoms with Gasteiger partial charge in [0.1, 0.15) is 6.04 Å². The van der Waals surface area contributed by atoms with E-state index in [2.05, 4.69) is 20.3 Å². The fourth-order valence-electron chi connectivity index (χ4n) is 2.35. The number of nitrogens with two attached hydrogens (primary N) is 1. The third kappa shape index (κ3) is 5.15. The summed E-state index contributed by atoms with van der Waals surface area (Å²) >= 11 is 0.980. The van der Waals surface area contributed by atoms with Gasteiger partial charge >= 0.3 is 12.1 Å². The zero-order chi connectivity index (χ0) is 20.9. The van der Waals surface area contributed by atoms with Crippen LogP contribution >= 0.6 is 11.8 Å². The number of alkyl halides is 3. The van der Waals surface area contributed by atoms with Gasteiger partial charge < -0.3 is 15.8 Å². The molecule has 3 N–H and O–H groups in total. The molecular weight excluding hydrogens is 399 g/mol. The zero-order valence-corrected chi connectivity index (χ0v) is 15.8. The number of carbonyl (C=O) groups excluding carboxylic acids is 2. The summed E-state index contributed by atoms with van der Waals surface area (Å²) in [7, 11) is 1.24. The Morgan fingerprint density at radius 3 is 2.68 bits per heavy atom. The molecule has 0 spiro atoms. The molecule has 12 heteroatoms. The van der Waals surface area contributed by atoms with Crippen molar-refractivity contribution in [2.45, 2.75) is 30.7 Å². The van der Waals surface area contributed by atoms with Crippen LogP contribution in [-0.4, -0.2) is 39.5 Å². The second-order valence-electron chi connectivity index (χ2n) is 5.57. The topological polar surface area (TPSA) is 112 Å². The number of esters is 1. The molecule has 0 aliphatic heterocycles. The van der Waals surface area contributed by atoms with Crippen molar-refractivity contribution >= 4 is 35.3 Å². The lowest BCUT2D eigenvalue weighted by molar-refractivity contribution is -0.138. The lowest BCUT2D eigenvalue weighted by Crippen LogP contribution is -2.27. The molecule has 0 radical (unpaired) electrons. The number of thioether (sulfide) groups is 1. The van der Waals surface area contributed by atoms with E-state index < -0.39 is 29.7 Å². The first-order chi connectivity index (χ1) is 13.2. The Balaban J connectivity index is 2.23. The van der Waals surface area contributed by atoms with E-state index in [0.717, 1.165) is 23.9 Å². The molecule has 152 valence electrons. The molecule has 0 saturated heterocycles. The van der Waals surface area contributed by atoms with Crippen molar-refractivity contribution in [2.24, 2.45) is 0 Å². The fraction of sp³-hybridized carbons (Fsp3) is 0.375. The van der Waals surface area contributed by atoms with E-state index in [1.807, 2.05) is 0 Å². The van der Waals surface area contributed by atoms with Gasteiger partial charge in [0, 0.05) is 5.69 Å². The van der Waals surface area contributed by atoms with Gasteiger partial charge in [-0.05, 0) is 24.6 Å². The van der Waals surface area contributed by atoms with Crippen molar-refractivity contribution in [3.05, 3.63) is 29.8 Å². The molecule has 1 unspecified atom stereocenters. The number of nitrogens with one attached hydrogen (secondary N) is 1.